The molecule has 1 aromatic rings. The lowest BCUT2D eigenvalue weighted by Crippen LogP contribution is -2.51. The molecular weight excluding hydrogens is 318 g/mol. The van der Waals surface area contributed by atoms with E-state index in [9.17, 15) is 9.59 Å². The fourth-order valence-corrected chi connectivity index (χ4v) is 3.59. The van der Waals surface area contributed by atoms with Crippen LogP contribution in [0.4, 0.5) is 5.69 Å². The van der Waals surface area contributed by atoms with Crippen LogP contribution >= 0.6 is 0 Å². The van der Waals surface area contributed by atoms with Gasteiger partial charge in [0.05, 0.1) is 12.5 Å². The highest BCUT2D eigenvalue weighted by Crippen LogP contribution is 2.27. The molecule has 0 aromatic heterocycles. The van der Waals surface area contributed by atoms with Crippen LogP contribution in [0.2, 0.25) is 0 Å². The molecule has 25 heavy (non-hydrogen) atoms. The molecule has 2 heterocycles. The van der Waals surface area contributed by atoms with E-state index in [0.29, 0.717) is 13.0 Å². The zero-order valence-electron chi connectivity index (χ0n) is 15.1. The van der Waals surface area contributed by atoms with Crippen molar-refractivity contribution in [3.05, 3.63) is 29.8 Å². The number of aryl methyl sites for hydroxylation is 1. The Kier molecular flexibility index (Phi) is 5.71. The lowest BCUT2D eigenvalue weighted by atomic mass is 10.1. The van der Waals surface area contributed by atoms with Crippen LogP contribution in [0.1, 0.15) is 12.0 Å². The molecule has 2 aliphatic heterocycles. The lowest BCUT2D eigenvalue weighted by Gasteiger charge is -2.35. The quantitative estimate of drug-likeness (QED) is 0.803. The van der Waals surface area contributed by atoms with Crippen molar-refractivity contribution in [3.8, 4) is 0 Å². The van der Waals surface area contributed by atoms with Crippen LogP contribution in [0.5, 0.6) is 0 Å². The predicted molar refractivity (Wildman–Crippen MR) is 96.5 cm³/mol. The number of piperazine rings is 1. The number of ether oxygens (including phenoxy) is 1. The molecule has 1 atom stereocenters. The Balaban J connectivity index is 1.56. The molecule has 0 aliphatic carbocycles. The number of anilines is 1. The average Bonchev–Trinajstić information content (AvgIpc) is 3.01. The molecule has 2 aliphatic rings. The van der Waals surface area contributed by atoms with Crippen LogP contribution in [0.3, 0.4) is 0 Å². The molecule has 0 N–H and O–H groups in total. The summed E-state index contributed by atoms with van der Waals surface area (Å²) in [6.07, 6.45) is 0.316. The van der Waals surface area contributed by atoms with Gasteiger partial charge in [0.1, 0.15) is 0 Å². The summed E-state index contributed by atoms with van der Waals surface area (Å²) in [5.41, 5.74) is 2.01. The standard InChI is InChI=1S/C19H27N3O3/c1-15-4-3-5-17(12-15)22-14-16(13-18(22)23)19(24)21-8-6-20(7-9-21)10-11-25-2/h3-5,12,16H,6-11,13-14H2,1-2H3/t16-/m0/s1. The molecule has 136 valence electrons. The second kappa shape index (κ2) is 7.97. The molecule has 0 radical (unpaired) electrons. The van der Waals surface area contributed by atoms with E-state index in [1.807, 2.05) is 36.1 Å². The van der Waals surface area contributed by atoms with Gasteiger partial charge in [0.15, 0.2) is 0 Å². The Morgan fingerprint density at radius 1 is 1.24 bits per heavy atom. The van der Waals surface area contributed by atoms with Crippen molar-refractivity contribution in [2.75, 3.05) is 57.9 Å². The zero-order chi connectivity index (χ0) is 17.8. The van der Waals surface area contributed by atoms with Crippen LogP contribution in [0, 0.1) is 12.8 Å². The summed E-state index contributed by atoms with van der Waals surface area (Å²) < 4.78 is 5.11. The van der Waals surface area contributed by atoms with Crippen molar-refractivity contribution in [1.29, 1.82) is 0 Å². The van der Waals surface area contributed by atoms with E-state index in [2.05, 4.69) is 4.90 Å². The summed E-state index contributed by atoms with van der Waals surface area (Å²) in [5.74, 6) is -0.0592. The van der Waals surface area contributed by atoms with Gasteiger partial charge in [0, 0.05) is 58.5 Å². The van der Waals surface area contributed by atoms with Crippen LogP contribution in [0.25, 0.3) is 0 Å². The number of methoxy groups -OCH3 is 1. The third kappa shape index (κ3) is 4.19. The number of hydrogen-bond acceptors (Lipinski definition) is 4. The number of carbonyl (C=O) groups excluding carboxylic acids is 2. The van der Waals surface area contributed by atoms with E-state index in [-0.39, 0.29) is 17.7 Å². The monoisotopic (exact) mass is 345 g/mol. The van der Waals surface area contributed by atoms with Gasteiger partial charge in [-0.2, -0.15) is 0 Å². The summed E-state index contributed by atoms with van der Waals surface area (Å²) in [5, 5.41) is 0. The first kappa shape index (κ1) is 17.9. The maximum Gasteiger partial charge on any atom is 0.228 e. The molecule has 0 bridgehead atoms. The summed E-state index contributed by atoms with van der Waals surface area (Å²) in [4.78, 5) is 31.2. The average molecular weight is 345 g/mol. The van der Waals surface area contributed by atoms with Crippen LogP contribution < -0.4 is 4.90 Å². The fourth-order valence-electron chi connectivity index (χ4n) is 3.59. The van der Waals surface area contributed by atoms with Crippen molar-refractivity contribution >= 4 is 17.5 Å². The van der Waals surface area contributed by atoms with E-state index < -0.39 is 0 Å². The highest BCUT2D eigenvalue weighted by atomic mass is 16.5. The summed E-state index contributed by atoms with van der Waals surface area (Å²) in [6, 6.07) is 7.90. The van der Waals surface area contributed by atoms with Gasteiger partial charge in [0.25, 0.3) is 0 Å². The minimum Gasteiger partial charge on any atom is -0.383 e. The fraction of sp³-hybridized carbons (Fsp3) is 0.579. The molecule has 2 amide bonds. The number of hydrogen-bond donors (Lipinski definition) is 0. The van der Waals surface area contributed by atoms with Gasteiger partial charge < -0.3 is 14.5 Å². The highest BCUT2D eigenvalue weighted by molar-refractivity contribution is 6.00. The van der Waals surface area contributed by atoms with Gasteiger partial charge in [-0.1, -0.05) is 12.1 Å². The van der Waals surface area contributed by atoms with E-state index in [0.717, 1.165) is 50.6 Å². The first-order chi connectivity index (χ1) is 12.1. The second-order valence-electron chi connectivity index (χ2n) is 6.90. The minimum absolute atomic E-state index is 0.0441. The Morgan fingerprint density at radius 2 is 2.00 bits per heavy atom. The number of benzene rings is 1. The lowest BCUT2D eigenvalue weighted by molar-refractivity contribution is -0.137. The van der Waals surface area contributed by atoms with Crippen molar-refractivity contribution in [2.24, 2.45) is 5.92 Å². The van der Waals surface area contributed by atoms with E-state index in [4.69, 9.17) is 4.74 Å². The molecule has 1 aromatic carbocycles. The van der Waals surface area contributed by atoms with Gasteiger partial charge in [-0.15, -0.1) is 0 Å². The molecule has 2 fully saturated rings. The van der Waals surface area contributed by atoms with Crippen molar-refractivity contribution in [1.82, 2.24) is 9.80 Å². The molecule has 6 nitrogen and oxygen atoms in total. The normalized spacial score (nSPS) is 21.8. The van der Waals surface area contributed by atoms with E-state index in [1.54, 1.807) is 12.0 Å². The molecular formula is C19H27N3O3. The summed E-state index contributed by atoms with van der Waals surface area (Å²) in [7, 11) is 1.71. The third-order valence-electron chi connectivity index (χ3n) is 5.08. The smallest absolute Gasteiger partial charge is 0.228 e. The number of carbonyl (C=O) groups is 2. The number of rotatable bonds is 5. The Morgan fingerprint density at radius 3 is 2.68 bits per heavy atom. The van der Waals surface area contributed by atoms with Gasteiger partial charge in [-0.3, -0.25) is 14.5 Å². The Bertz CT molecular complexity index is 626. The summed E-state index contributed by atoms with van der Waals surface area (Å²) >= 11 is 0. The van der Waals surface area contributed by atoms with Crippen LogP contribution in [-0.4, -0.2) is 74.6 Å². The molecule has 0 unspecified atom stereocenters. The SMILES string of the molecule is COCCN1CCN(C(=O)[C@H]2CC(=O)N(c3cccc(C)c3)C2)CC1. The third-order valence-corrected chi connectivity index (χ3v) is 5.08. The first-order valence-electron chi connectivity index (χ1n) is 8.95. The first-order valence-corrected chi connectivity index (χ1v) is 8.95. The highest BCUT2D eigenvalue weighted by Gasteiger charge is 2.37. The molecule has 0 saturated carbocycles. The van der Waals surface area contributed by atoms with E-state index in [1.165, 1.54) is 0 Å². The maximum atomic E-state index is 12.8. The second-order valence-corrected chi connectivity index (χ2v) is 6.90. The molecule has 6 heteroatoms. The Labute approximate surface area is 149 Å². The largest absolute Gasteiger partial charge is 0.383 e. The Hall–Kier alpha value is -1.92. The van der Waals surface area contributed by atoms with Crippen molar-refractivity contribution in [3.63, 3.8) is 0 Å². The molecule has 0 spiro atoms. The van der Waals surface area contributed by atoms with Gasteiger partial charge in [-0.05, 0) is 24.6 Å². The maximum absolute atomic E-state index is 12.8. The van der Waals surface area contributed by atoms with Crippen molar-refractivity contribution in [2.45, 2.75) is 13.3 Å². The van der Waals surface area contributed by atoms with Crippen LogP contribution in [-0.2, 0) is 14.3 Å². The summed E-state index contributed by atoms with van der Waals surface area (Å²) in [6.45, 7) is 7.34. The zero-order valence-corrected chi connectivity index (χ0v) is 15.1. The topological polar surface area (TPSA) is 53.1 Å². The molecule has 3 rings (SSSR count). The van der Waals surface area contributed by atoms with Crippen LogP contribution in [0.15, 0.2) is 24.3 Å². The van der Waals surface area contributed by atoms with Gasteiger partial charge in [-0.25, -0.2) is 0 Å². The van der Waals surface area contributed by atoms with Crippen molar-refractivity contribution < 1.29 is 14.3 Å². The molecule has 2 saturated heterocycles. The predicted octanol–water partition coefficient (Wildman–Crippen LogP) is 1.14. The van der Waals surface area contributed by atoms with E-state index >= 15 is 0 Å². The minimum atomic E-state index is -0.224. The van der Waals surface area contributed by atoms with Gasteiger partial charge in [0.2, 0.25) is 11.8 Å². The number of amides is 2. The number of nitrogens with zero attached hydrogens (tertiary/aromatic N) is 3. The van der Waals surface area contributed by atoms with Gasteiger partial charge >= 0.3 is 0 Å².